The first-order chi connectivity index (χ1) is 9.60. The van der Waals surface area contributed by atoms with Crippen LogP contribution in [0.15, 0.2) is 24.3 Å². The normalized spacial score (nSPS) is 16.9. The number of rotatable bonds is 8. The standard InChI is InChI=1S/C18H30N2/c1-14(2)20(12-16-5-6-16)13-17-7-9-18(10-8-17)15(3)11-19-4/h7-10,14-16,19H,5-6,11-13H2,1-4H3. The van der Waals surface area contributed by atoms with Crippen LogP contribution in [-0.2, 0) is 6.54 Å². The van der Waals surface area contributed by atoms with Crippen LogP contribution < -0.4 is 5.32 Å². The number of nitrogens with one attached hydrogen (secondary N) is 1. The van der Waals surface area contributed by atoms with Gasteiger partial charge < -0.3 is 5.32 Å². The predicted molar refractivity (Wildman–Crippen MR) is 87.1 cm³/mol. The number of benzene rings is 1. The molecule has 0 radical (unpaired) electrons. The molecule has 1 aliphatic carbocycles. The van der Waals surface area contributed by atoms with Gasteiger partial charge in [0.25, 0.3) is 0 Å². The Labute approximate surface area is 124 Å². The van der Waals surface area contributed by atoms with Gasteiger partial charge in [-0.3, -0.25) is 4.90 Å². The highest BCUT2D eigenvalue weighted by molar-refractivity contribution is 5.25. The molecule has 1 aromatic carbocycles. The van der Waals surface area contributed by atoms with Crippen molar-refractivity contribution >= 4 is 0 Å². The van der Waals surface area contributed by atoms with Crippen LogP contribution in [0.3, 0.4) is 0 Å². The summed E-state index contributed by atoms with van der Waals surface area (Å²) in [7, 11) is 2.02. The van der Waals surface area contributed by atoms with Crippen LogP contribution in [0.25, 0.3) is 0 Å². The molecule has 1 atom stereocenters. The van der Waals surface area contributed by atoms with Crippen LogP contribution >= 0.6 is 0 Å². The van der Waals surface area contributed by atoms with Crippen molar-refractivity contribution in [3.8, 4) is 0 Å². The summed E-state index contributed by atoms with van der Waals surface area (Å²) in [5.74, 6) is 1.55. The van der Waals surface area contributed by atoms with Crippen molar-refractivity contribution in [3.63, 3.8) is 0 Å². The van der Waals surface area contributed by atoms with Crippen molar-refractivity contribution in [1.82, 2.24) is 10.2 Å². The van der Waals surface area contributed by atoms with E-state index in [-0.39, 0.29) is 0 Å². The molecule has 1 N–H and O–H groups in total. The Balaban J connectivity index is 1.94. The van der Waals surface area contributed by atoms with Gasteiger partial charge in [0.1, 0.15) is 0 Å². The van der Waals surface area contributed by atoms with Crippen molar-refractivity contribution in [1.29, 1.82) is 0 Å². The topological polar surface area (TPSA) is 15.3 Å². The minimum absolute atomic E-state index is 0.585. The zero-order chi connectivity index (χ0) is 14.5. The lowest BCUT2D eigenvalue weighted by Crippen LogP contribution is -2.32. The predicted octanol–water partition coefficient (Wildman–Crippen LogP) is 3.63. The summed E-state index contributed by atoms with van der Waals surface area (Å²) in [5.41, 5.74) is 2.88. The molecule has 0 saturated heterocycles. The molecule has 1 fully saturated rings. The maximum atomic E-state index is 3.25. The Morgan fingerprint density at radius 1 is 1.15 bits per heavy atom. The molecule has 0 aromatic heterocycles. The fraction of sp³-hybridized carbons (Fsp3) is 0.667. The molecule has 1 aliphatic rings. The van der Waals surface area contributed by atoms with Gasteiger partial charge in [0, 0.05) is 25.7 Å². The molecule has 112 valence electrons. The Morgan fingerprint density at radius 3 is 2.30 bits per heavy atom. The molecule has 1 aromatic rings. The van der Waals surface area contributed by atoms with E-state index in [0.29, 0.717) is 12.0 Å². The minimum atomic E-state index is 0.585. The number of likely N-dealkylation sites (N-methyl/N-ethyl adjacent to an activating group) is 1. The van der Waals surface area contributed by atoms with E-state index in [2.05, 4.69) is 55.3 Å². The van der Waals surface area contributed by atoms with Crippen molar-refractivity contribution in [2.75, 3.05) is 20.1 Å². The van der Waals surface area contributed by atoms with Gasteiger partial charge in [0.05, 0.1) is 0 Å². The van der Waals surface area contributed by atoms with Crippen LogP contribution in [0.5, 0.6) is 0 Å². The zero-order valence-electron chi connectivity index (χ0n) is 13.5. The van der Waals surface area contributed by atoms with Gasteiger partial charge in [-0.15, -0.1) is 0 Å². The first-order valence-corrected chi connectivity index (χ1v) is 8.07. The maximum Gasteiger partial charge on any atom is 0.0236 e. The smallest absolute Gasteiger partial charge is 0.0236 e. The summed E-state index contributed by atoms with van der Waals surface area (Å²) < 4.78 is 0. The third-order valence-corrected chi connectivity index (χ3v) is 4.36. The molecule has 2 heteroatoms. The summed E-state index contributed by atoms with van der Waals surface area (Å²) in [6, 6.07) is 9.85. The summed E-state index contributed by atoms with van der Waals surface area (Å²) in [4.78, 5) is 2.61. The average molecular weight is 274 g/mol. The van der Waals surface area contributed by atoms with E-state index < -0.39 is 0 Å². The first-order valence-electron chi connectivity index (χ1n) is 8.07. The van der Waals surface area contributed by atoms with Gasteiger partial charge in [0.2, 0.25) is 0 Å². The van der Waals surface area contributed by atoms with Gasteiger partial charge >= 0.3 is 0 Å². The van der Waals surface area contributed by atoms with Gasteiger partial charge in [-0.05, 0) is 56.7 Å². The quantitative estimate of drug-likeness (QED) is 0.779. The number of nitrogens with zero attached hydrogens (tertiary/aromatic N) is 1. The Kier molecular flexibility index (Phi) is 5.62. The second-order valence-electron chi connectivity index (χ2n) is 6.67. The lowest BCUT2D eigenvalue weighted by atomic mass is 9.99. The third kappa shape index (κ3) is 4.60. The lowest BCUT2D eigenvalue weighted by molar-refractivity contribution is 0.204. The highest BCUT2D eigenvalue weighted by atomic mass is 15.1. The molecule has 0 aliphatic heterocycles. The molecule has 2 nitrogen and oxygen atoms in total. The van der Waals surface area contributed by atoms with Crippen LogP contribution in [0.4, 0.5) is 0 Å². The summed E-state index contributed by atoms with van der Waals surface area (Å²) in [5, 5.41) is 3.25. The highest BCUT2D eigenvalue weighted by Crippen LogP contribution is 2.30. The molecular formula is C18H30N2. The largest absolute Gasteiger partial charge is 0.319 e. The average Bonchev–Trinajstić information content (AvgIpc) is 3.23. The molecular weight excluding hydrogens is 244 g/mol. The van der Waals surface area contributed by atoms with E-state index in [0.717, 1.165) is 19.0 Å². The zero-order valence-corrected chi connectivity index (χ0v) is 13.5. The molecule has 0 amide bonds. The third-order valence-electron chi connectivity index (χ3n) is 4.36. The first kappa shape index (κ1) is 15.5. The van der Waals surface area contributed by atoms with Gasteiger partial charge in [0.15, 0.2) is 0 Å². The maximum absolute atomic E-state index is 3.25. The fourth-order valence-corrected chi connectivity index (χ4v) is 2.70. The molecule has 1 saturated carbocycles. The number of hydrogen-bond donors (Lipinski definition) is 1. The monoisotopic (exact) mass is 274 g/mol. The fourth-order valence-electron chi connectivity index (χ4n) is 2.70. The van der Waals surface area contributed by atoms with Gasteiger partial charge in [-0.2, -0.15) is 0 Å². The SMILES string of the molecule is CNCC(C)c1ccc(CN(CC2CC2)C(C)C)cc1. The van der Waals surface area contributed by atoms with E-state index in [1.807, 2.05) is 7.05 Å². The molecule has 2 rings (SSSR count). The van der Waals surface area contributed by atoms with E-state index >= 15 is 0 Å². The minimum Gasteiger partial charge on any atom is -0.319 e. The second-order valence-corrected chi connectivity index (χ2v) is 6.67. The van der Waals surface area contributed by atoms with Gasteiger partial charge in [-0.25, -0.2) is 0 Å². The van der Waals surface area contributed by atoms with Crippen molar-refractivity contribution in [2.45, 2.75) is 52.1 Å². The van der Waals surface area contributed by atoms with Crippen molar-refractivity contribution in [2.24, 2.45) is 5.92 Å². The molecule has 0 bridgehead atoms. The van der Waals surface area contributed by atoms with E-state index in [4.69, 9.17) is 0 Å². The van der Waals surface area contributed by atoms with Gasteiger partial charge in [-0.1, -0.05) is 31.2 Å². The van der Waals surface area contributed by atoms with E-state index in [9.17, 15) is 0 Å². The number of hydrogen-bond acceptors (Lipinski definition) is 2. The van der Waals surface area contributed by atoms with Crippen LogP contribution in [0, 0.1) is 5.92 Å². The Hall–Kier alpha value is -0.860. The van der Waals surface area contributed by atoms with Crippen LogP contribution in [-0.4, -0.2) is 31.1 Å². The summed E-state index contributed by atoms with van der Waals surface area (Å²) in [6.07, 6.45) is 2.87. The second kappa shape index (κ2) is 7.24. The van der Waals surface area contributed by atoms with Crippen molar-refractivity contribution in [3.05, 3.63) is 35.4 Å². The van der Waals surface area contributed by atoms with Crippen molar-refractivity contribution < 1.29 is 0 Å². The molecule has 20 heavy (non-hydrogen) atoms. The highest BCUT2D eigenvalue weighted by Gasteiger charge is 2.25. The lowest BCUT2D eigenvalue weighted by Gasteiger charge is -2.26. The molecule has 1 unspecified atom stereocenters. The van der Waals surface area contributed by atoms with Crippen LogP contribution in [0.1, 0.15) is 50.7 Å². The molecule has 0 heterocycles. The molecule has 0 spiro atoms. The van der Waals surface area contributed by atoms with E-state index in [1.54, 1.807) is 0 Å². The summed E-state index contributed by atoms with van der Waals surface area (Å²) in [6.45, 7) is 10.3. The van der Waals surface area contributed by atoms with E-state index in [1.165, 1.54) is 30.5 Å². The summed E-state index contributed by atoms with van der Waals surface area (Å²) >= 11 is 0. The Morgan fingerprint density at radius 2 is 1.80 bits per heavy atom. The van der Waals surface area contributed by atoms with Crippen LogP contribution in [0.2, 0.25) is 0 Å². The Bertz CT molecular complexity index is 392.